The molecule has 0 amide bonds. The maximum Gasteiger partial charge on any atom is 0.193 e. The zero-order valence-corrected chi connectivity index (χ0v) is 12.7. The zero-order chi connectivity index (χ0) is 14.1. The lowest BCUT2D eigenvalue weighted by Gasteiger charge is -2.39. The van der Waals surface area contributed by atoms with Crippen LogP contribution in [0.2, 0.25) is 0 Å². The minimum Gasteiger partial charge on any atom is -0.370 e. The van der Waals surface area contributed by atoms with Gasteiger partial charge >= 0.3 is 0 Å². The van der Waals surface area contributed by atoms with Crippen molar-refractivity contribution in [3.05, 3.63) is 23.4 Å². The van der Waals surface area contributed by atoms with Crippen molar-refractivity contribution in [3.8, 4) is 0 Å². The Kier molecular flexibility index (Phi) is 3.86. The molecule has 3 heteroatoms. The third-order valence-electron chi connectivity index (χ3n) is 5.21. The zero-order valence-electron chi connectivity index (χ0n) is 12.7. The Morgan fingerprint density at radius 3 is 3.00 bits per heavy atom. The lowest BCUT2D eigenvalue weighted by atomic mass is 9.72. The van der Waals surface area contributed by atoms with Crippen LogP contribution >= 0.6 is 0 Å². The Bertz CT molecular complexity index is 461. The monoisotopic (exact) mass is 273 g/mol. The summed E-state index contributed by atoms with van der Waals surface area (Å²) in [4.78, 5) is 4.63. The quantitative estimate of drug-likeness (QED) is 0.772. The molecule has 3 N–H and O–H groups in total. The standard InChI is InChI=1S/C17H27N3/c1-3-4-5-6-7-13-11(2)10-12-8-9-14-15(12)16(13)20-17(18)19-14/h5-6,11-12,14-15H,3-4,7-10H2,1-2H3,(H3,18,19,20)/b6-5-/t11-,12+,14+,15-/m1/s1. The maximum atomic E-state index is 6.00. The first-order chi connectivity index (χ1) is 9.70. The van der Waals surface area contributed by atoms with Gasteiger partial charge in [-0.25, -0.2) is 4.99 Å². The topological polar surface area (TPSA) is 50.4 Å². The van der Waals surface area contributed by atoms with Gasteiger partial charge in [-0.15, -0.1) is 0 Å². The van der Waals surface area contributed by atoms with Crippen LogP contribution in [0.3, 0.4) is 0 Å². The summed E-state index contributed by atoms with van der Waals surface area (Å²) in [6.45, 7) is 4.60. The first-order valence-corrected chi connectivity index (χ1v) is 8.19. The van der Waals surface area contributed by atoms with Crippen LogP contribution in [-0.4, -0.2) is 12.0 Å². The van der Waals surface area contributed by atoms with E-state index in [0.29, 0.717) is 23.8 Å². The molecular weight excluding hydrogens is 246 g/mol. The molecule has 0 spiro atoms. The van der Waals surface area contributed by atoms with E-state index in [4.69, 9.17) is 5.73 Å². The van der Waals surface area contributed by atoms with Gasteiger partial charge in [0.05, 0.1) is 6.04 Å². The van der Waals surface area contributed by atoms with Crippen molar-refractivity contribution in [2.45, 2.75) is 58.4 Å². The molecule has 0 saturated heterocycles. The average Bonchev–Trinajstić information content (AvgIpc) is 2.80. The largest absolute Gasteiger partial charge is 0.370 e. The molecule has 3 aliphatic rings. The molecule has 3 rings (SSSR count). The van der Waals surface area contributed by atoms with Crippen molar-refractivity contribution in [2.24, 2.45) is 28.5 Å². The van der Waals surface area contributed by atoms with Crippen LogP contribution in [0, 0.1) is 17.8 Å². The summed E-state index contributed by atoms with van der Waals surface area (Å²) in [5.41, 5.74) is 8.99. The highest BCUT2D eigenvalue weighted by Gasteiger charge is 2.45. The van der Waals surface area contributed by atoms with E-state index in [2.05, 4.69) is 36.3 Å². The van der Waals surface area contributed by atoms with E-state index < -0.39 is 0 Å². The molecule has 4 atom stereocenters. The summed E-state index contributed by atoms with van der Waals surface area (Å²) >= 11 is 0. The fourth-order valence-electron chi connectivity index (χ4n) is 4.29. The van der Waals surface area contributed by atoms with Gasteiger partial charge in [0.1, 0.15) is 0 Å². The number of rotatable bonds is 4. The molecule has 1 fully saturated rings. The van der Waals surface area contributed by atoms with E-state index in [1.165, 1.54) is 37.8 Å². The third kappa shape index (κ3) is 2.38. The fourth-order valence-corrected chi connectivity index (χ4v) is 4.29. The minimum atomic E-state index is 0.443. The number of unbranched alkanes of at least 4 members (excludes halogenated alkanes) is 1. The molecule has 1 aliphatic heterocycles. The van der Waals surface area contributed by atoms with Crippen LogP contribution in [-0.2, 0) is 0 Å². The second kappa shape index (κ2) is 5.63. The van der Waals surface area contributed by atoms with Crippen LogP contribution in [0.25, 0.3) is 0 Å². The molecule has 1 saturated carbocycles. The molecule has 2 aliphatic carbocycles. The van der Waals surface area contributed by atoms with Crippen LogP contribution < -0.4 is 11.1 Å². The molecule has 0 aromatic rings. The number of hydrogen-bond donors (Lipinski definition) is 2. The van der Waals surface area contributed by atoms with Crippen LogP contribution in [0.15, 0.2) is 28.4 Å². The van der Waals surface area contributed by atoms with Crippen molar-refractivity contribution in [1.29, 1.82) is 0 Å². The van der Waals surface area contributed by atoms with Crippen LogP contribution in [0.4, 0.5) is 0 Å². The van der Waals surface area contributed by atoms with E-state index in [0.717, 1.165) is 12.3 Å². The second-order valence-electron chi connectivity index (χ2n) is 6.61. The number of allylic oxidation sites excluding steroid dienone is 3. The van der Waals surface area contributed by atoms with Gasteiger partial charge in [0, 0.05) is 11.6 Å². The van der Waals surface area contributed by atoms with Gasteiger partial charge in [0.2, 0.25) is 0 Å². The van der Waals surface area contributed by atoms with Gasteiger partial charge in [-0.1, -0.05) is 32.4 Å². The lowest BCUT2D eigenvalue weighted by molar-refractivity contribution is 0.302. The first-order valence-electron chi connectivity index (χ1n) is 8.19. The number of aliphatic imine (C=N–C) groups is 1. The van der Waals surface area contributed by atoms with E-state index in [1.807, 2.05) is 0 Å². The first kappa shape index (κ1) is 13.7. The van der Waals surface area contributed by atoms with Gasteiger partial charge in [0.25, 0.3) is 0 Å². The van der Waals surface area contributed by atoms with Gasteiger partial charge in [-0.3, -0.25) is 0 Å². The third-order valence-corrected chi connectivity index (χ3v) is 5.21. The summed E-state index contributed by atoms with van der Waals surface area (Å²) in [7, 11) is 0. The Balaban J connectivity index is 1.87. The molecule has 0 unspecified atom stereocenters. The molecule has 1 heterocycles. The Morgan fingerprint density at radius 1 is 1.35 bits per heavy atom. The van der Waals surface area contributed by atoms with E-state index in [1.54, 1.807) is 5.57 Å². The molecule has 20 heavy (non-hydrogen) atoms. The van der Waals surface area contributed by atoms with Crippen molar-refractivity contribution in [1.82, 2.24) is 5.32 Å². The highest BCUT2D eigenvalue weighted by Crippen LogP contribution is 2.49. The fraction of sp³-hybridized carbons (Fsp3) is 0.706. The van der Waals surface area contributed by atoms with Crippen molar-refractivity contribution >= 4 is 5.96 Å². The summed E-state index contributed by atoms with van der Waals surface area (Å²) in [6, 6.07) is 0.443. The Morgan fingerprint density at radius 2 is 2.20 bits per heavy atom. The normalized spacial score (nSPS) is 36.0. The lowest BCUT2D eigenvalue weighted by Crippen LogP contribution is -2.45. The molecular formula is C17H27N3. The number of guanidine groups is 1. The minimum absolute atomic E-state index is 0.443. The van der Waals surface area contributed by atoms with E-state index >= 15 is 0 Å². The molecule has 0 aromatic carbocycles. The second-order valence-corrected chi connectivity index (χ2v) is 6.61. The summed E-state index contributed by atoms with van der Waals surface area (Å²) in [6.07, 6.45) is 12.0. The number of nitrogens with two attached hydrogens (primary N) is 1. The summed E-state index contributed by atoms with van der Waals surface area (Å²) in [5.74, 6) is 2.74. The van der Waals surface area contributed by atoms with Gasteiger partial charge in [-0.05, 0) is 49.5 Å². The van der Waals surface area contributed by atoms with Crippen LogP contribution in [0.1, 0.15) is 52.4 Å². The molecule has 3 nitrogen and oxygen atoms in total. The Labute approximate surface area is 122 Å². The van der Waals surface area contributed by atoms with E-state index in [9.17, 15) is 0 Å². The highest BCUT2D eigenvalue weighted by molar-refractivity contribution is 5.81. The maximum absolute atomic E-state index is 6.00. The number of nitrogens with one attached hydrogen (secondary N) is 1. The molecule has 0 radical (unpaired) electrons. The highest BCUT2D eigenvalue weighted by atomic mass is 15.2. The Hall–Kier alpha value is -1.25. The van der Waals surface area contributed by atoms with Gasteiger partial charge < -0.3 is 11.1 Å². The van der Waals surface area contributed by atoms with Crippen molar-refractivity contribution < 1.29 is 0 Å². The van der Waals surface area contributed by atoms with Gasteiger partial charge in [0.15, 0.2) is 5.96 Å². The van der Waals surface area contributed by atoms with Gasteiger partial charge in [-0.2, -0.15) is 0 Å². The summed E-state index contributed by atoms with van der Waals surface area (Å²) < 4.78 is 0. The number of hydrogen-bond acceptors (Lipinski definition) is 3. The van der Waals surface area contributed by atoms with Crippen molar-refractivity contribution in [3.63, 3.8) is 0 Å². The summed E-state index contributed by atoms with van der Waals surface area (Å²) in [5, 5.41) is 3.41. The molecule has 110 valence electrons. The van der Waals surface area contributed by atoms with E-state index in [-0.39, 0.29) is 0 Å². The smallest absolute Gasteiger partial charge is 0.193 e. The predicted molar refractivity (Wildman–Crippen MR) is 84.2 cm³/mol. The average molecular weight is 273 g/mol. The molecule has 0 bridgehead atoms. The van der Waals surface area contributed by atoms with Crippen molar-refractivity contribution in [2.75, 3.05) is 0 Å². The predicted octanol–water partition coefficient (Wildman–Crippen LogP) is 3.34. The molecule has 0 aromatic heterocycles. The number of nitrogens with zero attached hydrogens (tertiary/aromatic N) is 1. The SMILES string of the molecule is CCC/C=C\CC1=C2NC(N)=N[C@H]3CC[C@@H](C[C@H]1C)[C@@H]23. The van der Waals surface area contributed by atoms with Crippen LogP contribution in [0.5, 0.6) is 0 Å².